The molecule has 0 spiro atoms. The van der Waals surface area contributed by atoms with E-state index in [1.807, 2.05) is 0 Å². The van der Waals surface area contributed by atoms with E-state index < -0.39 is 0 Å². The number of nitrogens with zero attached hydrogens (tertiary/aromatic N) is 1. The van der Waals surface area contributed by atoms with Crippen molar-refractivity contribution in [3.05, 3.63) is 35.9 Å². The highest BCUT2D eigenvalue weighted by Crippen LogP contribution is 2.42. The van der Waals surface area contributed by atoms with E-state index in [9.17, 15) is 4.79 Å². The first kappa shape index (κ1) is 17.0. The van der Waals surface area contributed by atoms with Crippen LogP contribution in [0.3, 0.4) is 0 Å². The van der Waals surface area contributed by atoms with Crippen LogP contribution >= 0.6 is 0 Å². The third kappa shape index (κ3) is 3.47. The van der Waals surface area contributed by atoms with Crippen molar-refractivity contribution in [1.82, 2.24) is 10.2 Å². The Labute approximate surface area is 150 Å². The number of likely N-dealkylation sites (tertiary alicyclic amines) is 1. The summed E-state index contributed by atoms with van der Waals surface area (Å²) in [5, 5.41) is 3.39. The quantitative estimate of drug-likeness (QED) is 0.918. The number of ether oxygens (including phenoxy) is 1. The summed E-state index contributed by atoms with van der Waals surface area (Å²) in [6.07, 6.45) is 7.16. The van der Waals surface area contributed by atoms with Crippen molar-refractivity contribution < 1.29 is 9.53 Å². The van der Waals surface area contributed by atoms with Gasteiger partial charge in [-0.15, -0.1) is 0 Å². The molecule has 3 saturated heterocycles. The Bertz CT molecular complexity index is 599. The number of fused-ring (bicyclic) bond motifs is 1. The van der Waals surface area contributed by atoms with Crippen LogP contribution in [0.5, 0.6) is 0 Å². The summed E-state index contributed by atoms with van der Waals surface area (Å²) in [5.41, 5.74) is 1.31. The van der Waals surface area contributed by atoms with Crippen LogP contribution in [0, 0.1) is 0 Å². The number of rotatable bonds is 3. The summed E-state index contributed by atoms with van der Waals surface area (Å²) in [6, 6.07) is 12.3. The lowest BCUT2D eigenvalue weighted by molar-refractivity contribution is -0.122. The maximum atomic E-state index is 12.2. The van der Waals surface area contributed by atoms with Crippen LogP contribution in [-0.4, -0.2) is 47.7 Å². The van der Waals surface area contributed by atoms with Gasteiger partial charge in [-0.05, 0) is 51.0 Å². The number of nitrogens with one attached hydrogen (secondary N) is 1. The number of carbonyl (C=O) groups excluding carboxylic acids is 1. The maximum absolute atomic E-state index is 12.2. The first-order chi connectivity index (χ1) is 12.2. The summed E-state index contributed by atoms with van der Waals surface area (Å²) in [7, 11) is 0. The molecular formula is C21H30N2O2. The molecule has 0 bridgehead atoms. The summed E-state index contributed by atoms with van der Waals surface area (Å²) in [6.45, 7) is 4.02. The smallest absolute Gasteiger partial charge is 0.220 e. The molecule has 0 aliphatic carbocycles. The second-order valence-corrected chi connectivity index (χ2v) is 8.21. The van der Waals surface area contributed by atoms with Crippen molar-refractivity contribution >= 4 is 5.91 Å². The lowest BCUT2D eigenvalue weighted by Crippen LogP contribution is -2.55. The minimum Gasteiger partial charge on any atom is -0.381 e. The molecule has 4 heteroatoms. The van der Waals surface area contributed by atoms with Crippen LogP contribution in [0.25, 0.3) is 0 Å². The fourth-order valence-corrected chi connectivity index (χ4v) is 5.35. The van der Waals surface area contributed by atoms with Crippen LogP contribution in [0.1, 0.15) is 51.0 Å². The standard InChI is InChI=1S/C21H30N2O2/c1-21-15-18(14-16-6-3-2-4-7-16)23(17-10-12-25-13-11-17)19(21)8-5-9-20(24)22-21/h2-4,6-7,17-19H,5,8-15H2,1H3,(H,22,24)/t18-,19+,21+/m1/s1. The summed E-state index contributed by atoms with van der Waals surface area (Å²) < 4.78 is 5.62. The molecule has 1 aromatic carbocycles. The third-order valence-electron chi connectivity index (χ3n) is 6.41. The molecule has 136 valence electrons. The third-order valence-corrected chi connectivity index (χ3v) is 6.41. The van der Waals surface area contributed by atoms with Gasteiger partial charge in [-0.3, -0.25) is 9.69 Å². The Balaban J connectivity index is 1.62. The van der Waals surface area contributed by atoms with Gasteiger partial charge in [-0.25, -0.2) is 0 Å². The van der Waals surface area contributed by atoms with E-state index in [2.05, 4.69) is 47.5 Å². The molecule has 4 rings (SSSR count). The van der Waals surface area contributed by atoms with Crippen molar-refractivity contribution in [2.45, 2.75) is 75.5 Å². The summed E-state index contributed by atoms with van der Waals surface area (Å²) in [5.74, 6) is 0.234. The van der Waals surface area contributed by atoms with Crippen molar-refractivity contribution in [3.8, 4) is 0 Å². The highest BCUT2D eigenvalue weighted by Gasteiger charge is 2.52. The maximum Gasteiger partial charge on any atom is 0.220 e. The van der Waals surface area contributed by atoms with Crippen molar-refractivity contribution in [3.63, 3.8) is 0 Å². The van der Waals surface area contributed by atoms with Gasteiger partial charge >= 0.3 is 0 Å². The van der Waals surface area contributed by atoms with Gasteiger partial charge in [0, 0.05) is 37.8 Å². The summed E-state index contributed by atoms with van der Waals surface area (Å²) >= 11 is 0. The molecule has 3 fully saturated rings. The first-order valence-corrected chi connectivity index (χ1v) is 9.86. The molecule has 1 aromatic rings. The van der Waals surface area contributed by atoms with Gasteiger partial charge in [0.1, 0.15) is 0 Å². The van der Waals surface area contributed by atoms with Gasteiger partial charge in [-0.1, -0.05) is 30.3 Å². The van der Waals surface area contributed by atoms with Gasteiger partial charge in [0.05, 0.1) is 5.54 Å². The fourth-order valence-electron chi connectivity index (χ4n) is 5.35. The minimum absolute atomic E-state index is 0.0919. The highest BCUT2D eigenvalue weighted by molar-refractivity contribution is 5.77. The fraction of sp³-hybridized carbons (Fsp3) is 0.667. The lowest BCUT2D eigenvalue weighted by atomic mass is 9.88. The molecule has 3 aliphatic heterocycles. The Morgan fingerprint density at radius 2 is 1.96 bits per heavy atom. The Morgan fingerprint density at radius 1 is 1.20 bits per heavy atom. The van der Waals surface area contributed by atoms with Crippen LogP contribution < -0.4 is 5.32 Å². The van der Waals surface area contributed by atoms with Crippen LogP contribution in [0.2, 0.25) is 0 Å². The normalized spacial score (nSPS) is 34.4. The van der Waals surface area contributed by atoms with E-state index in [4.69, 9.17) is 4.74 Å². The second kappa shape index (κ2) is 7.08. The van der Waals surface area contributed by atoms with Crippen molar-refractivity contribution in [1.29, 1.82) is 0 Å². The molecule has 1 N–H and O–H groups in total. The van der Waals surface area contributed by atoms with Gasteiger partial charge < -0.3 is 10.1 Å². The van der Waals surface area contributed by atoms with E-state index in [1.165, 1.54) is 5.56 Å². The average Bonchev–Trinajstić information content (AvgIpc) is 2.78. The molecule has 0 unspecified atom stereocenters. The number of carbonyl (C=O) groups is 1. The Morgan fingerprint density at radius 3 is 2.72 bits per heavy atom. The topological polar surface area (TPSA) is 41.6 Å². The molecular weight excluding hydrogens is 312 g/mol. The highest BCUT2D eigenvalue weighted by atomic mass is 16.5. The molecule has 0 saturated carbocycles. The number of hydrogen-bond acceptors (Lipinski definition) is 3. The lowest BCUT2D eigenvalue weighted by Gasteiger charge is -2.41. The van der Waals surface area contributed by atoms with E-state index >= 15 is 0 Å². The monoisotopic (exact) mass is 342 g/mol. The molecule has 1 amide bonds. The Hall–Kier alpha value is -1.39. The van der Waals surface area contributed by atoms with Crippen molar-refractivity contribution in [2.75, 3.05) is 13.2 Å². The number of amides is 1. The van der Waals surface area contributed by atoms with Gasteiger partial charge in [0.2, 0.25) is 5.91 Å². The molecule has 3 aliphatic rings. The zero-order chi connectivity index (χ0) is 17.3. The Kier molecular flexibility index (Phi) is 4.83. The first-order valence-electron chi connectivity index (χ1n) is 9.86. The van der Waals surface area contributed by atoms with E-state index in [-0.39, 0.29) is 11.4 Å². The summed E-state index contributed by atoms with van der Waals surface area (Å²) in [4.78, 5) is 15.0. The molecule has 0 aromatic heterocycles. The van der Waals surface area contributed by atoms with E-state index in [0.29, 0.717) is 24.5 Å². The second-order valence-electron chi connectivity index (χ2n) is 8.21. The molecule has 3 atom stereocenters. The predicted octanol–water partition coefficient (Wildman–Crippen LogP) is 2.91. The zero-order valence-corrected chi connectivity index (χ0v) is 15.2. The molecule has 3 heterocycles. The van der Waals surface area contributed by atoms with Gasteiger partial charge in [0.25, 0.3) is 0 Å². The van der Waals surface area contributed by atoms with Crippen molar-refractivity contribution in [2.24, 2.45) is 0 Å². The van der Waals surface area contributed by atoms with E-state index in [1.54, 1.807) is 0 Å². The number of benzene rings is 1. The van der Waals surface area contributed by atoms with Crippen LogP contribution in [0.4, 0.5) is 0 Å². The molecule has 25 heavy (non-hydrogen) atoms. The van der Waals surface area contributed by atoms with Crippen LogP contribution in [0.15, 0.2) is 30.3 Å². The average molecular weight is 342 g/mol. The molecule has 4 nitrogen and oxygen atoms in total. The molecule has 0 radical (unpaired) electrons. The number of hydrogen-bond donors (Lipinski definition) is 1. The van der Waals surface area contributed by atoms with Gasteiger partial charge in [-0.2, -0.15) is 0 Å². The SMILES string of the molecule is C[C@]12C[C@@H](Cc3ccccc3)N(C3CCOCC3)[C@H]1CCCC(=O)N2. The van der Waals surface area contributed by atoms with Crippen LogP contribution in [-0.2, 0) is 16.0 Å². The predicted molar refractivity (Wildman–Crippen MR) is 98.4 cm³/mol. The van der Waals surface area contributed by atoms with Gasteiger partial charge in [0.15, 0.2) is 0 Å². The minimum atomic E-state index is -0.0919. The zero-order valence-electron chi connectivity index (χ0n) is 15.2. The largest absolute Gasteiger partial charge is 0.381 e. The van der Waals surface area contributed by atoms with E-state index in [0.717, 1.165) is 51.7 Å².